The van der Waals surface area contributed by atoms with Gasteiger partial charge in [-0.3, -0.25) is 0 Å². The summed E-state index contributed by atoms with van der Waals surface area (Å²) in [4.78, 5) is 0. The maximum absolute atomic E-state index is 5.89. The van der Waals surface area contributed by atoms with Gasteiger partial charge in [0, 0.05) is 5.56 Å². The van der Waals surface area contributed by atoms with Gasteiger partial charge in [0.2, 0.25) is 0 Å². The Morgan fingerprint density at radius 2 is 1.80 bits per heavy atom. The highest BCUT2D eigenvalue weighted by Crippen LogP contribution is 2.18. The van der Waals surface area contributed by atoms with E-state index in [0.717, 1.165) is 16.9 Å². The standard InChI is InChI=1S/C11H10Cl2N2/c12-6-9-8-14-15(11(9)7-13)10-4-2-1-3-5-10/h1-5,8H,6-7H2. The van der Waals surface area contributed by atoms with Crippen molar-refractivity contribution >= 4 is 23.2 Å². The Balaban J connectivity index is 2.49. The zero-order valence-corrected chi connectivity index (χ0v) is 9.54. The number of alkyl halides is 2. The van der Waals surface area contributed by atoms with Crippen molar-refractivity contribution in [3.63, 3.8) is 0 Å². The Morgan fingerprint density at radius 1 is 1.07 bits per heavy atom. The molecule has 0 bridgehead atoms. The summed E-state index contributed by atoms with van der Waals surface area (Å²) >= 11 is 11.7. The van der Waals surface area contributed by atoms with Crippen LogP contribution in [0.25, 0.3) is 5.69 Å². The smallest absolute Gasteiger partial charge is 0.0652 e. The van der Waals surface area contributed by atoms with Crippen molar-refractivity contribution < 1.29 is 0 Å². The lowest BCUT2D eigenvalue weighted by atomic mass is 10.3. The molecule has 0 radical (unpaired) electrons. The first kappa shape index (κ1) is 10.5. The monoisotopic (exact) mass is 240 g/mol. The normalized spacial score (nSPS) is 10.5. The lowest BCUT2D eigenvalue weighted by molar-refractivity contribution is 0.838. The van der Waals surface area contributed by atoms with Crippen molar-refractivity contribution in [2.45, 2.75) is 11.8 Å². The first-order chi connectivity index (χ1) is 7.36. The van der Waals surface area contributed by atoms with Gasteiger partial charge in [-0.2, -0.15) is 5.10 Å². The second-order valence-electron chi connectivity index (χ2n) is 3.13. The molecule has 0 spiro atoms. The first-order valence-electron chi connectivity index (χ1n) is 4.60. The molecule has 1 aromatic heterocycles. The van der Waals surface area contributed by atoms with Crippen LogP contribution in [0.3, 0.4) is 0 Å². The van der Waals surface area contributed by atoms with Gasteiger partial charge in [0.25, 0.3) is 0 Å². The van der Waals surface area contributed by atoms with Crippen LogP contribution in [-0.4, -0.2) is 9.78 Å². The highest BCUT2D eigenvalue weighted by Gasteiger charge is 2.09. The molecular weight excluding hydrogens is 231 g/mol. The number of hydrogen-bond acceptors (Lipinski definition) is 1. The van der Waals surface area contributed by atoms with Crippen LogP contribution in [0.2, 0.25) is 0 Å². The van der Waals surface area contributed by atoms with E-state index in [0.29, 0.717) is 11.8 Å². The molecular formula is C11H10Cl2N2. The van der Waals surface area contributed by atoms with Crippen LogP contribution >= 0.6 is 23.2 Å². The van der Waals surface area contributed by atoms with Crippen molar-refractivity contribution in [1.82, 2.24) is 9.78 Å². The lowest BCUT2D eigenvalue weighted by Gasteiger charge is -2.05. The highest BCUT2D eigenvalue weighted by atomic mass is 35.5. The van der Waals surface area contributed by atoms with Crippen LogP contribution < -0.4 is 0 Å². The number of rotatable bonds is 3. The second-order valence-corrected chi connectivity index (χ2v) is 3.67. The number of benzene rings is 1. The average molecular weight is 241 g/mol. The largest absolute Gasteiger partial charge is 0.236 e. The predicted molar refractivity (Wildman–Crippen MR) is 62.7 cm³/mol. The molecule has 0 amide bonds. The molecule has 0 aliphatic heterocycles. The van der Waals surface area contributed by atoms with E-state index in [4.69, 9.17) is 23.2 Å². The van der Waals surface area contributed by atoms with E-state index in [-0.39, 0.29) is 0 Å². The maximum Gasteiger partial charge on any atom is 0.0652 e. The molecule has 1 aromatic carbocycles. The van der Waals surface area contributed by atoms with Gasteiger partial charge in [0.05, 0.1) is 29.3 Å². The van der Waals surface area contributed by atoms with Crippen LogP contribution in [0.1, 0.15) is 11.3 Å². The van der Waals surface area contributed by atoms with E-state index >= 15 is 0 Å². The predicted octanol–water partition coefficient (Wildman–Crippen LogP) is 3.35. The SMILES string of the molecule is ClCc1cnn(-c2ccccc2)c1CCl. The summed E-state index contributed by atoms with van der Waals surface area (Å²) in [5.41, 5.74) is 2.94. The fourth-order valence-corrected chi connectivity index (χ4v) is 1.96. The summed E-state index contributed by atoms with van der Waals surface area (Å²) in [6, 6.07) is 9.88. The van der Waals surface area contributed by atoms with Gasteiger partial charge < -0.3 is 0 Å². The zero-order chi connectivity index (χ0) is 10.7. The molecule has 0 aliphatic carbocycles. The van der Waals surface area contributed by atoms with Crippen LogP contribution in [-0.2, 0) is 11.8 Å². The molecule has 2 nitrogen and oxygen atoms in total. The van der Waals surface area contributed by atoms with Crippen LogP contribution in [0.4, 0.5) is 0 Å². The minimum atomic E-state index is 0.414. The molecule has 0 aliphatic rings. The van der Waals surface area contributed by atoms with E-state index in [1.54, 1.807) is 6.20 Å². The summed E-state index contributed by atoms with van der Waals surface area (Å²) in [6.07, 6.45) is 1.76. The minimum absolute atomic E-state index is 0.414. The van der Waals surface area contributed by atoms with Crippen molar-refractivity contribution in [2.75, 3.05) is 0 Å². The molecule has 0 saturated carbocycles. The minimum Gasteiger partial charge on any atom is -0.236 e. The van der Waals surface area contributed by atoms with E-state index in [9.17, 15) is 0 Å². The van der Waals surface area contributed by atoms with Gasteiger partial charge in [-0.25, -0.2) is 4.68 Å². The molecule has 0 unspecified atom stereocenters. The molecule has 0 fully saturated rings. The topological polar surface area (TPSA) is 17.8 Å². The Labute approximate surface area is 98.4 Å². The first-order valence-corrected chi connectivity index (χ1v) is 5.67. The van der Waals surface area contributed by atoms with Gasteiger partial charge in [-0.05, 0) is 12.1 Å². The molecule has 2 rings (SSSR count). The third kappa shape index (κ3) is 2.01. The van der Waals surface area contributed by atoms with E-state index in [2.05, 4.69) is 5.10 Å². The Kier molecular flexibility index (Phi) is 3.29. The summed E-state index contributed by atoms with van der Waals surface area (Å²) in [6.45, 7) is 0. The van der Waals surface area contributed by atoms with Crippen molar-refractivity contribution in [2.24, 2.45) is 0 Å². The molecule has 0 N–H and O–H groups in total. The van der Waals surface area contributed by atoms with E-state index < -0.39 is 0 Å². The Bertz CT molecular complexity index is 437. The van der Waals surface area contributed by atoms with Crippen LogP contribution in [0, 0.1) is 0 Å². The summed E-state index contributed by atoms with van der Waals surface area (Å²) in [7, 11) is 0. The maximum atomic E-state index is 5.89. The highest BCUT2D eigenvalue weighted by molar-refractivity contribution is 6.18. The van der Waals surface area contributed by atoms with Gasteiger partial charge in [0.1, 0.15) is 0 Å². The third-order valence-corrected chi connectivity index (χ3v) is 2.77. The number of hydrogen-bond donors (Lipinski definition) is 0. The lowest BCUT2D eigenvalue weighted by Crippen LogP contribution is -2.01. The number of halogens is 2. The van der Waals surface area contributed by atoms with E-state index in [1.165, 1.54) is 0 Å². The summed E-state index contributed by atoms with van der Waals surface area (Å²) in [5, 5.41) is 4.28. The summed E-state index contributed by atoms with van der Waals surface area (Å²) in [5.74, 6) is 0.853. The average Bonchev–Trinajstić information content (AvgIpc) is 2.72. The molecule has 1 heterocycles. The fraction of sp³-hybridized carbons (Fsp3) is 0.182. The van der Waals surface area contributed by atoms with E-state index in [1.807, 2.05) is 35.0 Å². The fourth-order valence-electron chi connectivity index (χ4n) is 1.45. The third-order valence-electron chi connectivity index (χ3n) is 2.23. The van der Waals surface area contributed by atoms with Gasteiger partial charge in [-0.15, -0.1) is 23.2 Å². The van der Waals surface area contributed by atoms with Gasteiger partial charge in [-0.1, -0.05) is 18.2 Å². The van der Waals surface area contributed by atoms with Crippen LogP contribution in [0.5, 0.6) is 0 Å². The molecule has 4 heteroatoms. The molecule has 0 saturated heterocycles. The number of para-hydroxylation sites is 1. The summed E-state index contributed by atoms with van der Waals surface area (Å²) < 4.78 is 1.82. The Morgan fingerprint density at radius 3 is 2.40 bits per heavy atom. The Hall–Kier alpha value is -0.990. The van der Waals surface area contributed by atoms with Crippen molar-refractivity contribution in [3.8, 4) is 5.69 Å². The van der Waals surface area contributed by atoms with Crippen LogP contribution in [0.15, 0.2) is 36.5 Å². The molecule has 15 heavy (non-hydrogen) atoms. The van der Waals surface area contributed by atoms with Crippen molar-refractivity contribution in [3.05, 3.63) is 47.8 Å². The molecule has 78 valence electrons. The number of aromatic nitrogens is 2. The molecule has 2 aromatic rings. The van der Waals surface area contributed by atoms with Gasteiger partial charge in [0.15, 0.2) is 0 Å². The van der Waals surface area contributed by atoms with Gasteiger partial charge >= 0.3 is 0 Å². The van der Waals surface area contributed by atoms with Crippen molar-refractivity contribution in [1.29, 1.82) is 0 Å². The number of nitrogens with zero attached hydrogens (tertiary/aromatic N) is 2. The quantitative estimate of drug-likeness (QED) is 0.753. The zero-order valence-electron chi connectivity index (χ0n) is 8.03. The molecule has 0 atom stereocenters. The second kappa shape index (κ2) is 4.69.